The van der Waals surface area contributed by atoms with E-state index in [9.17, 15) is 80.8 Å². The Hall–Kier alpha value is -1.24. The quantitative estimate of drug-likeness (QED) is 0.0259. The van der Waals surface area contributed by atoms with Crippen molar-refractivity contribution in [3.8, 4) is 0 Å². The van der Waals surface area contributed by atoms with Crippen molar-refractivity contribution in [1.29, 1.82) is 0 Å². The molecule has 0 saturated carbocycles. The van der Waals surface area contributed by atoms with E-state index in [0.29, 0.717) is 48.0 Å². The normalized spacial score (nSPS) is 23.6. The van der Waals surface area contributed by atoms with Gasteiger partial charge in [0, 0.05) is 28.8 Å². The average molecular weight is 1390 g/mol. The first kappa shape index (κ1) is 77.2. The third-order valence-electron chi connectivity index (χ3n) is 12.0. The number of phosphoric acid groups is 8. The maximum Gasteiger partial charge on any atom is 0.472 e. The number of aliphatic hydroxyl groups excluding tert-OH is 1. The van der Waals surface area contributed by atoms with Crippen LogP contribution in [-0.2, 0) is 109 Å². The SMILES string of the molecule is COP(=O)(O)OCC(C)(COP(=O)(O)OCC1=CC=CC1)COP(=O)(O)OCC(C)(COP(=O)(O)OCC1=CC=CC1)COP(=O)(O)OCC(C)(COP(=O)(O)OCC1=CC=CC1)COP(=O)(O)OCC(C)(CO)COP(=O)(O)OCC1=CC=CC1. The largest absolute Gasteiger partial charge is 0.472 e. The van der Waals surface area contributed by atoms with Crippen LogP contribution >= 0.6 is 62.6 Å². The lowest BCUT2D eigenvalue weighted by molar-refractivity contribution is -0.0182. The van der Waals surface area contributed by atoms with Gasteiger partial charge in [-0.25, -0.2) is 36.5 Å². The Morgan fingerprint density at radius 2 is 0.488 bits per heavy atom. The maximum absolute atomic E-state index is 13.7. The van der Waals surface area contributed by atoms with Crippen molar-refractivity contribution < 1.29 is 153 Å². The molecule has 0 aliphatic heterocycles. The molecule has 12 unspecified atom stereocenters. The number of allylic oxidation sites excluding steroid dienone is 12. The fourth-order valence-corrected chi connectivity index (χ4v) is 13.7. The molecule has 4 aliphatic rings. The van der Waals surface area contributed by atoms with Gasteiger partial charge in [-0.2, -0.15) is 0 Å². The van der Waals surface area contributed by atoms with Gasteiger partial charge in [0.25, 0.3) is 0 Å². The van der Waals surface area contributed by atoms with Crippen LogP contribution in [0.1, 0.15) is 53.4 Å². The Bertz CT molecular complexity index is 2940. The lowest BCUT2D eigenvalue weighted by atomic mass is 9.95. The predicted molar refractivity (Wildman–Crippen MR) is 302 cm³/mol. The van der Waals surface area contributed by atoms with Gasteiger partial charge in [0.2, 0.25) is 0 Å². The standard InChI is InChI=1S/C45H76O33P8/c1-42(26-46,27-69-80(49,50)64-22-38-14-6-7-15-38)28-70-84(57,58)74-34-44(3,31-72-82(53,54)66-24-40-18-10-11-19-40)35-77-86(61,62)78-37-45(4,32-73-83(55,56)67-25-41-20-12-13-21-41)36-76-85(59,60)75-33-43(2,29-68-79(47,48)63-5)30-71-81(51,52)65-23-39-16-8-9-17-39/h6-14,16,18,20,46H,15,17,19,21-37H2,1-5H3,(H,47,48)(H,49,50)(H,51,52)(H,53,54)(H,55,56)(H,57,58)(H,59,60)(H,61,62). The highest BCUT2D eigenvalue weighted by Crippen LogP contribution is 2.55. The van der Waals surface area contributed by atoms with E-state index in [0.717, 1.165) is 21.0 Å². The monoisotopic (exact) mass is 1390 g/mol. The molecule has 4 aliphatic carbocycles. The van der Waals surface area contributed by atoms with E-state index in [-0.39, 0.29) is 19.8 Å². The van der Waals surface area contributed by atoms with Gasteiger partial charge in [0.05, 0.1) is 106 Å². The minimum Gasteiger partial charge on any atom is -0.396 e. The molecule has 0 amide bonds. The maximum atomic E-state index is 13.7. The summed E-state index contributed by atoms with van der Waals surface area (Å²) < 4.78 is 185. The van der Waals surface area contributed by atoms with Crippen molar-refractivity contribution in [1.82, 2.24) is 0 Å². The zero-order chi connectivity index (χ0) is 64.3. The summed E-state index contributed by atoms with van der Waals surface area (Å²) in [5.41, 5.74) is -5.16. The first-order valence-corrected chi connectivity index (χ1v) is 37.5. The molecule has 0 aromatic rings. The van der Waals surface area contributed by atoms with Gasteiger partial charge in [0.15, 0.2) is 0 Å². The smallest absolute Gasteiger partial charge is 0.396 e. The van der Waals surface area contributed by atoms with Crippen molar-refractivity contribution in [2.45, 2.75) is 53.4 Å². The van der Waals surface area contributed by atoms with Gasteiger partial charge in [-0.1, -0.05) is 101 Å². The lowest BCUT2D eigenvalue weighted by Gasteiger charge is -2.33. The Balaban J connectivity index is 1.49. The fraction of sp³-hybridized carbons (Fsp3) is 0.644. The molecule has 0 heterocycles. The zero-order valence-corrected chi connectivity index (χ0v) is 54.6. The molecule has 0 spiro atoms. The summed E-state index contributed by atoms with van der Waals surface area (Å²) in [7, 11) is -39.8. The highest BCUT2D eigenvalue weighted by atomic mass is 31.2. The van der Waals surface area contributed by atoms with Gasteiger partial charge >= 0.3 is 62.6 Å². The molecular weight excluding hydrogens is 1320 g/mol. The number of hydrogen-bond acceptors (Lipinski definition) is 25. The molecule has 86 heavy (non-hydrogen) atoms. The zero-order valence-electron chi connectivity index (χ0n) is 47.5. The molecule has 0 radical (unpaired) electrons. The van der Waals surface area contributed by atoms with Crippen LogP contribution in [0.15, 0.2) is 95.2 Å². The van der Waals surface area contributed by atoms with E-state index in [1.807, 2.05) is 0 Å². The molecule has 4 rings (SSSR count). The summed E-state index contributed by atoms with van der Waals surface area (Å²) in [4.78, 5) is 84.4. The molecule has 0 bridgehead atoms. The third-order valence-corrected chi connectivity index (χ3v) is 19.3. The van der Waals surface area contributed by atoms with Crippen molar-refractivity contribution in [2.24, 2.45) is 21.7 Å². The first-order valence-electron chi connectivity index (χ1n) is 25.6. The van der Waals surface area contributed by atoms with Gasteiger partial charge in [0.1, 0.15) is 0 Å². The van der Waals surface area contributed by atoms with Crippen LogP contribution in [0.25, 0.3) is 0 Å². The van der Waals surface area contributed by atoms with Crippen LogP contribution in [0.3, 0.4) is 0 Å². The molecule has 0 fully saturated rings. The van der Waals surface area contributed by atoms with Crippen LogP contribution < -0.4 is 0 Å². The Morgan fingerprint density at radius 3 is 0.651 bits per heavy atom. The lowest BCUT2D eigenvalue weighted by Crippen LogP contribution is -2.36. The predicted octanol–water partition coefficient (Wildman–Crippen LogP) is 8.25. The van der Waals surface area contributed by atoms with Crippen molar-refractivity contribution in [2.75, 3.05) is 113 Å². The molecule has 33 nitrogen and oxygen atoms in total. The van der Waals surface area contributed by atoms with Crippen molar-refractivity contribution in [3.05, 3.63) is 95.2 Å². The van der Waals surface area contributed by atoms with Gasteiger partial charge in [-0.3, -0.25) is 72.4 Å². The topological polar surface area (TPSA) is 466 Å². The summed E-state index contributed by atoms with van der Waals surface area (Å²) >= 11 is 0. The van der Waals surface area contributed by atoms with E-state index in [2.05, 4.69) is 4.52 Å². The summed E-state index contributed by atoms with van der Waals surface area (Å²) in [6.07, 6.45) is 22.0. The highest BCUT2D eigenvalue weighted by molar-refractivity contribution is 7.49. The minimum atomic E-state index is -5.51. The van der Waals surface area contributed by atoms with Crippen LogP contribution in [0.5, 0.6) is 0 Å². The Labute approximate surface area is 497 Å². The van der Waals surface area contributed by atoms with E-state index in [4.69, 9.17) is 67.9 Å². The van der Waals surface area contributed by atoms with E-state index in [1.54, 1.807) is 72.9 Å². The Kier molecular flexibility index (Phi) is 30.1. The van der Waals surface area contributed by atoms with E-state index >= 15 is 0 Å². The minimum absolute atomic E-state index is 0.259. The molecule has 0 saturated heterocycles. The van der Waals surface area contributed by atoms with Gasteiger partial charge in [-0.15, -0.1) is 0 Å². The second kappa shape index (κ2) is 33.6. The van der Waals surface area contributed by atoms with Gasteiger partial charge < -0.3 is 44.3 Å². The highest BCUT2D eigenvalue weighted by Gasteiger charge is 2.43. The first-order chi connectivity index (χ1) is 39.7. The molecule has 41 heteroatoms. The molecule has 0 aromatic carbocycles. The number of phosphoric ester groups is 8. The van der Waals surface area contributed by atoms with Crippen molar-refractivity contribution >= 4 is 62.6 Å². The van der Waals surface area contributed by atoms with E-state index < -0.39 is 170 Å². The van der Waals surface area contributed by atoms with Crippen LogP contribution in [0, 0.1) is 21.7 Å². The van der Waals surface area contributed by atoms with Crippen LogP contribution in [-0.4, -0.2) is 157 Å². The summed E-state index contributed by atoms with van der Waals surface area (Å²) in [6, 6.07) is 0. The molecule has 9 N–H and O–H groups in total. The number of rotatable bonds is 47. The summed E-state index contributed by atoms with van der Waals surface area (Å²) in [6.45, 7) is -8.45. The average Bonchev–Trinajstić information content (AvgIpc) is 3.53. The molecule has 0 aromatic heterocycles. The molecule has 494 valence electrons. The second-order valence-electron chi connectivity index (χ2n) is 21.3. The summed E-state index contributed by atoms with van der Waals surface area (Å²) in [5.74, 6) is 0. The van der Waals surface area contributed by atoms with E-state index in [1.165, 1.54) is 13.8 Å². The number of aliphatic hydroxyl groups is 1. The Morgan fingerprint density at radius 1 is 0.314 bits per heavy atom. The fourth-order valence-electron chi connectivity index (χ4n) is 6.49. The molecular formula is C45H76O33P8. The van der Waals surface area contributed by atoms with Crippen LogP contribution in [0.2, 0.25) is 0 Å². The van der Waals surface area contributed by atoms with Crippen LogP contribution in [0.4, 0.5) is 0 Å². The van der Waals surface area contributed by atoms with Gasteiger partial charge in [-0.05, 0) is 48.0 Å². The summed E-state index contributed by atoms with van der Waals surface area (Å²) in [5, 5.41) is 10.1. The third kappa shape index (κ3) is 30.9. The second-order valence-corrected chi connectivity index (χ2v) is 33.0. The molecule has 12 atom stereocenters. The number of hydrogen-bond donors (Lipinski definition) is 9. The van der Waals surface area contributed by atoms with Crippen molar-refractivity contribution in [3.63, 3.8) is 0 Å².